The Hall–Kier alpha value is -2.56. The Labute approximate surface area is 156 Å². The first kappa shape index (κ1) is 19.2. The van der Waals surface area contributed by atoms with Gasteiger partial charge in [-0.1, -0.05) is 0 Å². The van der Waals surface area contributed by atoms with Crippen molar-refractivity contribution in [2.45, 2.75) is 38.5 Å². The highest BCUT2D eigenvalue weighted by Crippen LogP contribution is 2.18. The summed E-state index contributed by atoms with van der Waals surface area (Å²) >= 11 is 0. The Bertz CT molecular complexity index is 844. The molecule has 27 heavy (non-hydrogen) atoms. The molecule has 3 heterocycles. The number of rotatable bonds is 5. The third kappa shape index (κ3) is 4.41. The van der Waals surface area contributed by atoms with Gasteiger partial charge in [0.05, 0.1) is 17.8 Å². The first-order chi connectivity index (χ1) is 12.8. The third-order valence-electron chi connectivity index (χ3n) is 3.84. The molecule has 2 aromatic heterocycles. The van der Waals surface area contributed by atoms with Gasteiger partial charge in [0, 0.05) is 13.7 Å². The van der Waals surface area contributed by atoms with Crippen LogP contribution in [-0.2, 0) is 19.0 Å². The molecule has 0 unspecified atom stereocenters. The number of hydrogen-bond donors (Lipinski definition) is 2. The average molecular weight is 377 g/mol. The van der Waals surface area contributed by atoms with Crippen LogP contribution in [0, 0.1) is 0 Å². The van der Waals surface area contributed by atoms with Crippen molar-refractivity contribution in [2.24, 2.45) is 0 Å². The highest BCUT2D eigenvalue weighted by atomic mass is 16.7. The fourth-order valence-corrected chi connectivity index (χ4v) is 2.54. The molecule has 1 saturated heterocycles. The number of ether oxygens (including phenoxy) is 3. The largest absolute Gasteiger partial charge is 0.442 e. The number of methoxy groups -OCH3 is 1. The number of pyridine rings is 1. The van der Waals surface area contributed by atoms with Crippen molar-refractivity contribution in [2.75, 3.05) is 25.8 Å². The molecule has 2 atom stereocenters. The van der Waals surface area contributed by atoms with E-state index in [1.54, 1.807) is 32.9 Å². The van der Waals surface area contributed by atoms with Gasteiger partial charge in [0.15, 0.2) is 0 Å². The fourth-order valence-electron chi connectivity index (χ4n) is 2.54. The molecule has 0 radical (unpaired) electrons. The number of carbonyl (C=O) groups is 2. The Morgan fingerprint density at radius 3 is 2.78 bits per heavy atom. The Morgan fingerprint density at radius 1 is 1.37 bits per heavy atom. The van der Waals surface area contributed by atoms with E-state index in [1.165, 1.54) is 13.3 Å². The molecule has 1 fully saturated rings. The van der Waals surface area contributed by atoms with Crippen LogP contribution in [0.15, 0.2) is 18.3 Å². The zero-order valence-corrected chi connectivity index (χ0v) is 15.7. The van der Waals surface area contributed by atoms with Gasteiger partial charge in [-0.05, 0) is 32.9 Å². The Kier molecular flexibility index (Phi) is 5.40. The lowest BCUT2D eigenvalue weighted by Gasteiger charge is -2.36. The van der Waals surface area contributed by atoms with Gasteiger partial charge in [0.1, 0.15) is 29.8 Å². The zero-order valence-electron chi connectivity index (χ0n) is 15.7. The molecule has 0 spiro atoms. The molecule has 1 aliphatic rings. The second-order valence-electron chi connectivity index (χ2n) is 7.12. The summed E-state index contributed by atoms with van der Waals surface area (Å²) in [6.07, 6.45) is 0.609. The molecule has 0 bridgehead atoms. The standard InChI is InChI=1S/C17H23N5O5/c1-17(2,3)27-16(24)22-11-5-6-13(20-10(11)7-19-22)21-15(23)14-12(8-18-14)26-9-25-4/h5-7,12,14,18H,8-9H2,1-4H3,(H,20,21,23)/t12-,14-/m1/s1. The molecule has 10 nitrogen and oxygen atoms in total. The van der Waals surface area contributed by atoms with Gasteiger partial charge in [0.25, 0.3) is 0 Å². The molecular weight excluding hydrogens is 354 g/mol. The van der Waals surface area contributed by atoms with Crippen LogP contribution in [0.4, 0.5) is 10.6 Å². The van der Waals surface area contributed by atoms with Gasteiger partial charge in [-0.15, -0.1) is 0 Å². The van der Waals surface area contributed by atoms with Crippen LogP contribution < -0.4 is 10.6 Å². The van der Waals surface area contributed by atoms with Crippen molar-refractivity contribution in [3.05, 3.63) is 18.3 Å². The summed E-state index contributed by atoms with van der Waals surface area (Å²) in [6.45, 7) is 6.04. The van der Waals surface area contributed by atoms with Gasteiger partial charge in [-0.25, -0.2) is 9.78 Å². The highest BCUT2D eigenvalue weighted by molar-refractivity contribution is 5.96. The number of hydrogen-bond acceptors (Lipinski definition) is 8. The van der Waals surface area contributed by atoms with Crippen molar-refractivity contribution in [3.63, 3.8) is 0 Å². The van der Waals surface area contributed by atoms with Gasteiger partial charge in [0.2, 0.25) is 5.91 Å². The second-order valence-corrected chi connectivity index (χ2v) is 7.12. The Balaban J connectivity index is 1.69. The predicted octanol–water partition coefficient (Wildman–Crippen LogP) is 1.11. The Morgan fingerprint density at radius 2 is 2.15 bits per heavy atom. The number of amides is 1. The maximum Gasteiger partial charge on any atom is 0.435 e. The summed E-state index contributed by atoms with van der Waals surface area (Å²) in [7, 11) is 1.53. The summed E-state index contributed by atoms with van der Waals surface area (Å²) in [5.41, 5.74) is 0.325. The van der Waals surface area contributed by atoms with E-state index in [1.807, 2.05) is 0 Å². The molecule has 10 heteroatoms. The van der Waals surface area contributed by atoms with E-state index in [2.05, 4.69) is 20.7 Å². The molecule has 2 N–H and O–H groups in total. The molecular formula is C17H23N5O5. The SMILES string of the molecule is COCO[C@@H]1CN[C@H]1C(=O)Nc1ccc2c(cnn2C(=O)OC(C)(C)C)n1. The minimum absolute atomic E-state index is 0.129. The lowest BCUT2D eigenvalue weighted by molar-refractivity contribution is -0.137. The number of anilines is 1. The summed E-state index contributed by atoms with van der Waals surface area (Å²) in [4.78, 5) is 28.9. The molecule has 2 aromatic rings. The van der Waals surface area contributed by atoms with E-state index >= 15 is 0 Å². The topological polar surface area (TPSA) is 117 Å². The van der Waals surface area contributed by atoms with E-state index in [0.29, 0.717) is 23.4 Å². The maximum absolute atomic E-state index is 12.3. The molecule has 1 amide bonds. The van der Waals surface area contributed by atoms with Crippen molar-refractivity contribution in [1.82, 2.24) is 20.1 Å². The quantitative estimate of drug-likeness (QED) is 0.745. The number of nitrogens with zero attached hydrogens (tertiary/aromatic N) is 3. The van der Waals surface area contributed by atoms with Gasteiger partial charge in [-0.3, -0.25) is 4.79 Å². The molecule has 0 saturated carbocycles. The van der Waals surface area contributed by atoms with Gasteiger partial charge < -0.3 is 24.8 Å². The summed E-state index contributed by atoms with van der Waals surface area (Å²) in [6, 6.07) is 2.79. The maximum atomic E-state index is 12.3. The molecule has 1 aliphatic heterocycles. The smallest absolute Gasteiger partial charge is 0.435 e. The van der Waals surface area contributed by atoms with Crippen molar-refractivity contribution in [1.29, 1.82) is 0 Å². The van der Waals surface area contributed by atoms with Crippen LogP contribution in [0.3, 0.4) is 0 Å². The number of aromatic nitrogens is 3. The zero-order chi connectivity index (χ0) is 19.6. The van der Waals surface area contributed by atoms with Crippen molar-refractivity contribution >= 4 is 28.9 Å². The number of nitrogens with one attached hydrogen (secondary N) is 2. The van der Waals surface area contributed by atoms with Crippen molar-refractivity contribution < 1.29 is 23.8 Å². The predicted molar refractivity (Wildman–Crippen MR) is 96.3 cm³/mol. The summed E-state index contributed by atoms with van der Waals surface area (Å²) < 4.78 is 16.7. The van der Waals surface area contributed by atoms with E-state index in [-0.39, 0.29) is 18.8 Å². The van der Waals surface area contributed by atoms with E-state index in [9.17, 15) is 9.59 Å². The lowest BCUT2D eigenvalue weighted by Crippen LogP contribution is -2.63. The lowest BCUT2D eigenvalue weighted by atomic mass is 10.0. The van der Waals surface area contributed by atoms with Crippen LogP contribution in [0.1, 0.15) is 20.8 Å². The first-order valence-electron chi connectivity index (χ1n) is 8.51. The first-order valence-corrected chi connectivity index (χ1v) is 8.51. The van der Waals surface area contributed by atoms with Crippen LogP contribution in [-0.4, -0.2) is 65.0 Å². The minimum Gasteiger partial charge on any atom is -0.442 e. The van der Waals surface area contributed by atoms with Crippen LogP contribution in [0.5, 0.6) is 0 Å². The van der Waals surface area contributed by atoms with Crippen molar-refractivity contribution in [3.8, 4) is 0 Å². The van der Waals surface area contributed by atoms with Crippen LogP contribution in [0.2, 0.25) is 0 Å². The van der Waals surface area contributed by atoms with E-state index in [0.717, 1.165) is 4.68 Å². The summed E-state index contributed by atoms with van der Waals surface area (Å²) in [5, 5.41) is 9.77. The monoisotopic (exact) mass is 377 g/mol. The normalized spacial score (nSPS) is 19.6. The van der Waals surface area contributed by atoms with E-state index < -0.39 is 17.7 Å². The fraction of sp³-hybridized carbons (Fsp3) is 0.529. The van der Waals surface area contributed by atoms with E-state index in [4.69, 9.17) is 14.2 Å². The molecule has 146 valence electrons. The second kappa shape index (κ2) is 7.59. The van der Waals surface area contributed by atoms with Crippen LogP contribution in [0.25, 0.3) is 11.0 Å². The summed E-state index contributed by atoms with van der Waals surface area (Å²) in [5.74, 6) is 0.101. The van der Waals surface area contributed by atoms with Crippen LogP contribution >= 0.6 is 0 Å². The molecule has 3 rings (SSSR count). The number of carbonyl (C=O) groups excluding carboxylic acids is 2. The highest BCUT2D eigenvalue weighted by Gasteiger charge is 2.37. The van der Waals surface area contributed by atoms with Gasteiger partial charge >= 0.3 is 6.09 Å². The molecule has 0 aromatic carbocycles. The average Bonchev–Trinajstić information content (AvgIpc) is 2.95. The number of fused-ring (bicyclic) bond motifs is 1. The minimum atomic E-state index is -0.631. The third-order valence-corrected chi connectivity index (χ3v) is 3.84. The molecule has 0 aliphatic carbocycles. The van der Waals surface area contributed by atoms with Gasteiger partial charge in [-0.2, -0.15) is 9.78 Å².